The summed E-state index contributed by atoms with van der Waals surface area (Å²) in [7, 11) is -0.286. The fraction of sp³-hybridized carbons (Fsp3) is 1.00. The summed E-state index contributed by atoms with van der Waals surface area (Å²) in [4.78, 5) is -0.165. The number of rotatable bonds is 0. The fourth-order valence-corrected chi connectivity index (χ4v) is 1.49. The van der Waals surface area contributed by atoms with Crippen molar-refractivity contribution in [1.82, 2.24) is 0 Å². The Morgan fingerprint density at radius 3 is 1.78 bits per heavy atom. The molecule has 0 amide bonds. The van der Waals surface area contributed by atoms with E-state index in [2.05, 4.69) is 22.4 Å². The van der Waals surface area contributed by atoms with Gasteiger partial charge in [0.1, 0.15) is 0 Å². The van der Waals surface area contributed by atoms with Gasteiger partial charge >= 0.3 is 19.2 Å². The molecule has 0 aromatic carbocycles. The van der Waals surface area contributed by atoms with Crippen molar-refractivity contribution in [3.63, 3.8) is 0 Å². The van der Waals surface area contributed by atoms with Gasteiger partial charge in [-0.05, 0) is 13.6 Å². The van der Waals surface area contributed by atoms with Gasteiger partial charge in [0.05, 0.1) is 0 Å². The van der Waals surface area contributed by atoms with Crippen LogP contribution in [0.3, 0.4) is 0 Å². The standard InChI is InChI=1S/C2H6B3IO3/c1-3-7-4(2)9-5(6)8-3/h1-2H3. The highest BCUT2D eigenvalue weighted by Crippen LogP contribution is 2.11. The third-order valence-electron chi connectivity index (χ3n) is 0.981. The summed E-state index contributed by atoms with van der Waals surface area (Å²) in [5, 5.41) is 0. The van der Waals surface area contributed by atoms with Gasteiger partial charge < -0.3 is 13.7 Å². The van der Waals surface area contributed by atoms with Crippen LogP contribution in [0.15, 0.2) is 0 Å². The van der Waals surface area contributed by atoms with Crippen molar-refractivity contribution in [3.8, 4) is 0 Å². The summed E-state index contributed by atoms with van der Waals surface area (Å²) in [5.74, 6) is 0. The first-order valence-corrected chi connectivity index (χ1v) is 4.03. The molecule has 1 aliphatic heterocycles. The lowest BCUT2D eigenvalue weighted by Gasteiger charge is -2.24. The molecule has 0 saturated carbocycles. The third-order valence-corrected chi connectivity index (χ3v) is 1.57. The average Bonchev–Trinajstić information content (AvgIpc) is 1.59. The summed E-state index contributed by atoms with van der Waals surface area (Å²) in [6, 6.07) is 0. The quantitative estimate of drug-likeness (QED) is 0.459. The zero-order valence-corrected chi connectivity index (χ0v) is 7.49. The molecule has 1 heterocycles. The highest BCUT2D eigenvalue weighted by Gasteiger charge is 2.33. The molecule has 0 aliphatic carbocycles. The van der Waals surface area contributed by atoms with E-state index in [-0.39, 0.29) is 19.2 Å². The van der Waals surface area contributed by atoms with Gasteiger partial charge in [-0.25, -0.2) is 0 Å². The van der Waals surface area contributed by atoms with E-state index in [9.17, 15) is 0 Å². The summed E-state index contributed by atoms with van der Waals surface area (Å²) < 4.78 is 15.3. The number of hydrogen-bond donors (Lipinski definition) is 0. The summed E-state index contributed by atoms with van der Waals surface area (Å²) in [6.07, 6.45) is 0. The van der Waals surface area contributed by atoms with E-state index in [1.165, 1.54) is 0 Å². The molecule has 1 fully saturated rings. The minimum Gasteiger partial charge on any atom is -0.453 e. The fourth-order valence-electron chi connectivity index (χ4n) is 0.667. The molecular formula is C2H6B3IO3. The minimum atomic E-state index is -0.165. The van der Waals surface area contributed by atoms with Crippen molar-refractivity contribution in [1.29, 1.82) is 0 Å². The Labute approximate surface area is 69.1 Å². The Balaban J connectivity index is 2.34. The second kappa shape index (κ2) is 3.27. The SMILES string of the molecule is CB1OB(C)OB(I)O1. The number of halogens is 1. The Hall–Kier alpha value is 0.805. The van der Waals surface area contributed by atoms with Crippen LogP contribution in [0.25, 0.3) is 0 Å². The maximum Gasteiger partial charge on any atom is 0.505 e. The van der Waals surface area contributed by atoms with Gasteiger partial charge in [-0.15, -0.1) is 0 Å². The molecule has 7 heteroatoms. The summed E-state index contributed by atoms with van der Waals surface area (Å²) >= 11 is 2.06. The Morgan fingerprint density at radius 2 is 1.44 bits per heavy atom. The molecule has 0 aromatic rings. The molecule has 0 bridgehead atoms. The second-order valence-electron chi connectivity index (χ2n) is 1.82. The lowest BCUT2D eigenvalue weighted by molar-refractivity contribution is 0.308. The zero-order chi connectivity index (χ0) is 6.85. The van der Waals surface area contributed by atoms with E-state index < -0.39 is 0 Å². The zero-order valence-electron chi connectivity index (χ0n) is 5.33. The Kier molecular flexibility index (Phi) is 2.87. The Bertz CT molecular complexity index is 78.0. The third kappa shape index (κ3) is 2.49. The molecule has 0 N–H and O–H groups in total. The van der Waals surface area contributed by atoms with Gasteiger partial charge in [0.2, 0.25) is 0 Å². The normalized spacial score (nSPS) is 21.0. The minimum absolute atomic E-state index is 0.143. The first kappa shape index (κ1) is 7.91. The monoisotopic (exact) mass is 238 g/mol. The van der Waals surface area contributed by atoms with Gasteiger partial charge in [-0.2, -0.15) is 0 Å². The van der Waals surface area contributed by atoms with Crippen LogP contribution in [0, 0.1) is 0 Å². The molecule has 9 heavy (non-hydrogen) atoms. The maximum atomic E-state index is 5.11. The smallest absolute Gasteiger partial charge is 0.453 e. The molecule has 0 atom stereocenters. The molecule has 3 nitrogen and oxygen atoms in total. The summed E-state index contributed by atoms with van der Waals surface area (Å²) in [6.45, 7) is 3.70. The van der Waals surface area contributed by atoms with E-state index >= 15 is 0 Å². The summed E-state index contributed by atoms with van der Waals surface area (Å²) in [5.41, 5.74) is 0. The van der Waals surface area contributed by atoms with Crippen LogP contribution in [0.4, 0.5) is 0 Å². The first-order chi connectivity index (χ1) is 4.18. The molecular weight excluding hydrogens is 231 g/mol. The van der Waals surface area contributed by atoms with Crippen LogP contribution >= 0.6 is 22.4 Å². The Morgan fingerprint density at radius 1 is 1.00 bits per heavy atom. The molecule has 0 radical (unpaired) electrons. The van der Waals surface area contributed by atoms with E-state index in [0.29, 0.717) is 0 Å². The predicted molar refractivity (Wildman–Crippen MR) is 46.3 cm³/mol. The molecule has 0 aromatic heterocycles. The van der Waals surface area contributed by atoms with Crippen molar-refractivity contribution in [3.05, 3.63) is 0 Å². The lowest BCUT2D eigenvalue weighted by atomic mass is 9.80. The molecule has 1 rings (SSSR count). The van der Waals surface area contributed by atoms with E-state index in [1.54, 1.807) is 0 Å². The van der Waals surface area contributed by atoms with Gasteiger partial charge in [-0.3, -0.25) is 0 Å². The number of hydrogen-bond acceptors (Lipinski definition) is 3. The van der Waals surface area contributed by atoms with Gasteiger partial charge in [0.25, 0.3) is 0 Å². The van der Waals surface area contributed by atoms with Crippen LogP contribution in [0.2, 0.25) is 13.6 Å². The van der Waals surface area contributed by atoms with E-state index in [4.69, 9.17) is 13.7 Å². The van der Waals surface area contributed by atoms with Crippen LogP contribution in [0.1, 0.15) is 0 Å². The van der Waals surface area contributed by atoms with Gasteiger partial charge in [-0.1, -0.05) is 22.4 Å². The second-order valence-corrected chi connectivity index (χ2v) is 2.83. The van der Waals surface area contributed by atoms with Crippen molar-refractivity contribution < 1.29 is 13.7 Å². The van der Waals surface area contributed by atoms with Crippen molar-refractivity contribution in [2.24, 2.45) is 0 Å². The van der Waals surface area contributed by atoms with Crippen molar-refractivity contribution in [2.75, 3.05) is 0 Å². The molecule has 1 aliphatic rings. The van der Waals surface area contributed by atoms with Crippen LogP contribution < -0.4 is 0 Å². The predicted octanol–water partition coefficient (Wildman–Crippen LogP) is 0.706. The first-order valence-electron chi connectivity index (χ1n) is 2.79. The van der Waals surface area contributed by atoms with Gasteiger partial charge in [0.15, 0.2) is 0 Å². The molecule has 48 valence electrons. The molecule has 1 saturated heterocycles. The van der Waals surface area contributed by atoms with Crippen LogP contribution in [-0.2, 0) is 13.7 Å². The highest BCUT2D eigenvalue weighted by atomic mass is 127. The molecule has 0 spiro atoms. The highest BCUT2D eigenvalue weighted by molar-refractivity contribution is 14.1. The van der Waals surface area contributed by atoms with E-state index in [1.807, 2.05) is 13.6 Å². The maximum absolute atomic E-state index is 5.11. The van der Waals surface area contributed by atoms with Crippen molar-refractivity contribution in [2.45, 2.75) is 13.6 Å². The topological polar surface area (TPSA) is 27.7 Å². The van der Waals surface area contributed by atoms with E-state index in [0.717, 1.165) is 0 Å². The lowest BCUT2D eigenvalue weighted by Crippen LogP contribution is -2.43. The van der Waals surface area contributed by atoms with Crippen LogP contribution in [-0.4, -0.2) is 19.2 Å². The largest absolute Gasteiger partial charge is 0.505 e. The van der Waals surface area contributed by atoms with Crippen molar-refractivity contribution >= 4 is 41.6 Å². The molecule has 0 unspecified atom stereocenters. The average molecular weight is 237 g/mol. The van der Waals surface area contributed by atoms with Gasteiger partial charge in [0, 0.05) is 0 Å². The van der Waals surface area contributed by atoms with Crippen LogP contribution in [0.5, 0.6) is 0 Å².